The molecule has 1 aliphatic carbocycles. The Labute approximate surface area is 205 Å². The standard InChI is InChI=1S/C24H42O11/c1-11-7-13(8-24(3,4)14(11)6-5-12(2)26)33-23-21(31)19(29)18(28)16(35-23)10-32-22-20(30)17(27)15(9-25)34-22/h5-6,11-23,25-31H,7-10H2,1-4H3. The molecule has 0 radical (unpaired) electrons. The van der Waals surface area contributed by atoms with Crippen molar-refractivity contribution < 1.29 is 54.7 Å². The molecule has 2 saturated heterocycles. The van der Waals surface area contributed by atoms with E-state index in [-0.39, 0.29) is 30.0 Å². The first-order valence-electron chi connectivity index (χ1n) is 12.3. The molecule has 2 heterocycles. The summed E-state index contributed by atoms with van der Waals surface area (Å²) < 4.78 is 22.6. The van der Waals surface area contributed by atoms with Gasteiger partial charge < -0.3 is 54.7 Å². The molecule has 7 N–H and O–H groups in total. The Hall–Kier alpha value is -0.700. The zero-order chi connectivity index (χ0) is 26.1. The zero-order valence-electron chi connectivity index (χ0n) is 20.8. The molecule has 0 spiro atoms. The minimum atomic E-state index is -1.55. The van der Waals surface area contributed by atoms with E-state index in [4.69, 9.17) is 18.9 Å². The average Bonchev–Trinajstić information content (AvgIpc) is 3.05. The van der Waals surface area contributed by atoms with Crippen LogP contribution in [0.15, 0.2) is 12.2 Å². The predicted octanol–water partition coefficient (Wildman–Crippen LogP) is -1.36. The van der Waals surface area contributed by atoms with Gasteiger partial charge >= 0.3 is 0 Å². The molecule has 3 aliphatic rings. The van der Waals surface area contributed by atoms with Crippen LogP contribution in [0.2, 0.25) is 0 Å². The molecule has 3 rings (SSSR count). The summed E-state index contributed by atoms with van der Waals surface area (Å²) in [4.78, 5) is 0. The molecule has 13 unspecified atom stereocenters. The molecule has 3 fully saturated rings. The molecule has 1 saturated carbocycles. The molecule has 0 amide bonds. The van der Waals surface area contributed by atoms with E-state index >= 15 is 0 Å². The molecule has 35 heavy (non-hydrogen) atoms. The van der Waals surface area contributed by atoms with Gasteiger partial charge in [-0.2, -0.15) is 0 Å². The van der Waals surface area contributed by atoms with Crippen LogP contribution in [0.3, 0.4) is 0 Å². The van der Waals surface area contributed by atoms with E-state index in [1.165, 1.54) is 0 Å². The smallest absolute Gasteiger partial charge is 0.186 e. The third-order valence-corrected chi connectivity index (χ3v) is 7.42. The molecule has 0 aromatic heterocycles. The van der Waals surface area contributed by atoms with Crippen LogP contribution >= 0.6 is 0 Å². The van der Waals surface area contributed by atoms with Gasteiger partial charge in [-0.1, -0.05) is 32.9 Å². The maximum atomic E-state index is 10.5. The molecular formula is C24H42O11. The summed E-state index contributed by atoms with van der Waals surface area (Å²) in [6.45, 7) is 7.21. The van der Waals surface area contributed by atoms with Crippen LogP contribution in [0.25, 0.3) is 0 Å². The Morgan fingerprint density at radius 1 is 0.943 bits per heavy atom. The minimum absolute atomic E-state index is 0.159. The fourth-order valence-electron chi connectivity index (χ4n) is 5.52. The van der Waals surface area contributed by atoms with Crippen molar-refractivity contribution in [2.24, 2.45) is 17.3 Å². The van der Waals surface area contributed by atoms with Crippen molar-refractivity contribution in [3.8, 4) is 0 Å². The van der Waals surface area contributed by atoms with Crippen LogP contribution in [0.1, 0.15) is 40.5 Å². The molecule has 11 heteroatoms. The number of hydrogen-bond acceptors (Lipinski definition) is 11. The number of allylic oxidation sites excluding steroid dienone is 1. The Morgan fingerprint density at radius 2 is 1.54 bits per heavy atom. The molecule has 13 atom stereocenters. The monoisotopic (exact) mass is 506 g/mol. The summed E-state index contributed by atoms with van der Waals surface area (Å²) in [6.07, 6.45) is -7.50. The first-order valence-corrected chi connectivity index (χ1v) is 12.3. The van der Waals surface area contributed by atoms with E-state index in [9.17, 15) is 35.7 Å². The lowest BCUT2D eigenvalue weighted by Crippen LogP contribution is -2.60. The van der Waals surface area contributed by atoms with Crippen molar-refractivity contribution in [1.82, 2.24) is 0 Å². The Morgan fingerprint density at radius 3 is 2.11 bits per heavy atom. The summed E-state index contributed by atoms with van der Waals surface area (Å²) in [5.41, 5.74) is -0.159. The summed E-state index contributed by atoms with van der Waals surface area (Å²) in [5.74, 6) is 0.444. The minimum Gasteiger partial charge on any atom is -0.394 e. The second-order valence-corrected chi connectivity index (χ2v) is 10.9. The summed E-state index contributed by atoms with van der Waals surface area (Å²) in [7, 11) is 0. The second-order valence-electron chi connectivity index (χ2n) is 10.9. The molecule has 11 nitrogen and oxygen atoms in total. The number of aliphatic hydroxyl groups excluding tert-OH is 7. The molecule has 0 aromatic rings. The van der Waals surface area contributed by atoms with Crippen molar-refractivity contribution in [2.75, 3.05) is 13.2 Å². The Kier molecular flexibility index (Phi) is 9.72. The van der Waals surface area contributed by atoms with E-state index in [1.54, 1.807) is 13.0 Å². The van der Waals surface area contributed by atoms with Crippen LogP contribution < -0.4 is 0 Å². The van der Waals surface area contributed by atoms with Gasteiger partial charge in [-0.25, -0.2) is 0 Å². The molecule has 204 valence electrons. The van der Waals surface area contributed by atoms with Gasteiger partial charge in [-0.15, -0.1) is 0 Å². The number of ether oxygens (including phenoxy) is 4. The van der Waals surface area contributed by atoms with E-state index in [0.717, 1.165) is 0 Å². The lowest BCUT2D eigenvalue weighted by molar-refractivity contribution is -0.323. The highest BCUT2D eigenvalue weighted by Gasteiger charge is 2.49. The van der Waals surface area contributed by atoms with Crippen LogP contribution in [0.4, 0.5) is 0 Å². The van der Waals surface area contributed by atoms with Crippen molar-refractivity contribution in [2.45, 2.75) is 108 Å². The molecule has 2 aliphatic heterocycles. The van der Waals surface area contributed by atoms with E-state index < -0.39 is 68.0 Å². The maximum absolute atomic E-state index is 10.5. The van der Waals surface area contributed by atoms with Gasteiger partial charge in [-0.3, -0.25) is 0 Å². The van der Waals surface area contributed by atoms with E-state index in [1.807, 2.05) is 6.08 Å². The van der Waals surface area contributed by atoms with Crippen LogP contribution in [-0.2, 0) is 18.9 Å². The highest BCUT2D eigenvalue weighted by atomic mass is 16.7. The largest absolute Gasteiger partial charge is 0.394 e. The maximum Gasteiger partial charge on any atom is 0.186 e. The SMILES string of the molecule is CC(O)C=CC1C(C)CC(OC2OC(COC3OC(CO)C(O)C3O)C(O)C(O)C2O)CC1(C)C. The first kappa shape index (κ1) is 28.9. The van der Waals surface area contributed by atoms with Gasteiger partial charge in [0, 0.05) is 0 Å². The summed E-state index contributed by atoms with van der Waals surface area (Å²) in [5, 5.41) is 70.0. The molecular weight excluding hydrogens is 464 g/mol. The van der Waals surface area contributed by atoms with Crippen LogP contribution in [-0.4, -0.2) is 116 Å². The summed E-state index contributed by atoms with van der Waals surface area (Å²) >= 11 is 0. The average molecular weight is 507 g/mol. The fourth-order valence-corrected chi connectivity index (χ4v) is 5.52. The van der Waals surface area contributed by atoms with Gasteiger partial charge in [0.2, 0.25) is 0 Å². The lowest BCUT2D eigenvalue weighted by atomic mass is 9.63. The normalized spacial score (nSPS) is 47.3. The predicted molar refractivity (Wildman–Crippen MR) is 122 cm³/mol. The molecule has 0 aromatic carbocycles. The van der Waals surface area contributed by atoms with Crippen LogP contribution in [0, 0.1) is 17.3 Å². The van der Waals surface area contributed by atoms with Gasteiger partial charge in [0.1, 0.15) is 42.7 Å². The summed E-state index contributed by atoms with van der Waals surface area (Å²) in [6, 6.07) is 0. The van der Waals surface area contributed by atoms with Gasteiger partial charge in [0.15, 0.2) is 12.6 Å². The highest BCUT2D eigenvalue weighted by Crippen LogP contribution is 2.46. The van der Waals surface area contributed by atoms with Gasteiger partial charge in [0.25, 0.3) is 0 Å². The lowest BCUT2D eigenvalue weighted by Gasteiger charge is -2.47. The molecule has 0 bridgehead atoms. The Balaban J connectivity index is 1.61. The van der Waals surface area contributed by atoms with Crippen LogP contribution in [0.5, 0.6) is 0 Å². The topological polar surface area (TPSA) is 179 Å². The zero-order valence-corrected chi connectivity index (χ0v) is 20.8. The Bertz CT molecular complexity index is 701. The fraction of sp³-hybridized carbons (Fsp3) is 0.917. The third-order valence-electron chi connectivity index (χ3n) is 7.42. The number of rotatable bonds is 8. The quantitative estimate of drug-likeness (QED) is 0.193. The van der Waals surface area contributed by atoms with Crippen molar-refractivity contribution in [1.29, 1.82) is 0 Å². The highest BCUT2D eigenvalue weighted by molar-refractivity contribution is 5.03. The third kappa shape index (κ3) is 6.60. The second kappa shape index (κ2) is 11.8. The number of hydrogen-bond donors (Lipinski definition) is 7. The van der Waals surface area contributed by atoms with Crippen molar-refractivity contribution >= 4 is 0 Å². The van der Waals surface area contributed by atoms with E-state index in [2.05, 4.69) is 20.8 Å². The number of aliphatic hydroxyl groups is 7. The van der Waals surface area contributed by atoms with Gasteiger partial charge in [-0.05, 0) is 37.0 Å². The van der Waals surface area contributed by atoms with Crippen molar-refractivity contribution in [3.05, 3.63) is 12.2 Å². The van der Waals surface area contributed by atoms with Gasteiger partial charge in [0.05, 0.1) is 25.4 Å². The van der Waals surface area contributed by atoms with E-state index in [0.29, 0.717) is 12.8 Å². The van der Waals surface area contributed by atoms with Crippen molar-refractivity contribution in [3.63, 3.8) is 0 Å². The first-order chi connectivity index (χ1) is 16.4.